The summed E-state index contributed by atoms with van der Waals surface area (Å²) in [5.74, 6) is 0.233. The predicted molar refractivity (Wildman–Crippen MR) is 82.2 cm³/mol. The summed E-state index contributed by atoms with van der Waals surface area (Å²) in [6.45, 7) is 3.37. The number of amides is 1. The minimum atomic E-state index is -0.169. The molecule has 0 aromatic carbocycles. The number of piperazine rings is 1. The summed E-state index contributed by atoms with van der Waals surface area (Å²) < 4.78 is 0. The first-order valence-corrected chi connectivity index (χ1v) is 8.70. The van der Waals surface area contributed by atoms with Gasteiger partial charge in [-0.3, -0.25) is 9.69 Å². The second kappa shape index (κ2) is 6.85. The Bertz CT molecular complexity index is 457. The van der Waals surface area contributed by atoms with Crippen LogP contribution in [0.5, 0.6) is 0 Å². The SMILES string of the molecule is O=C(CCc1nccs1)N1CCN([C@@H]2CCC[C@@H]2O)CC1. The molecule has 6 heteroatoms. The van der Waals surface area contributed by atoms with E-state index in [1.165, 1.54) is 0 Å². The van der Waals surface area contributed by atoms with Gasteiger partial charge in [-0.05, 0) is 19.3 Å². The number of nitrogens with zero attached hydrogens (tertiary/aromatic N) is 3. The summed E-state index contributed by atoms with van der Waals surface area (Å²) in [4.78, 5) is 20.8. The van der Waals surface area contributed by atoms with Crippen LogP contribution in [0.2, 0.25) is 0 Å². The summed E-state index contributed by atoms with van der Waals surface area (Å²) in [5, 5.41) is 13.0. The molecule has 1 aromatic rings. The van der Waals surface area contributed by atoms with Crippen LogP contribution in [0.3, 0.4) is 0 Å². The van der Waals surface area contributed by atoms with E-state index in [0.717, 1.165) is 56.9 Å². The molecule has 0 radical (unpaired) electrons. The molecular formula is C15H23N3O2S. The molecule has 2 aliphatic rings. The van der Waals surface area contributed by atoms with Gasteiger partial charge in [0.25, 0.3) is 0 Å². The molecule has 1 aliphatic heterocycles. The molecule has 1 N–H and O–H groups in total. The van der Waals surface area contributed by atoms with Crippen LogP contribution >= 0.6 is 11.3 Å². The van der Waals surface area contributed by atoms with E-state index in [4.69, 9.17) is 0 Å². The lowest BCUT2D eigenvalue weighted by atomic mass is 10.1. The van der Waals surface area contributed by atoms with Gasteiger partial charge in [0, 0.05) is 56.6 Å². The van der Waals surface area contributed by atoms with Crippen molar-refractivity contribution < 1.29 is 9.90 Å². The van der Waals surface area contributed by atoms with E-state index in [0.29, 0.717) is 12.5 Å². The van der Waals surface area contributed by atoms with Gasteiger partial charge < -0.3 is 10.0 Å². The van der Waals surface area contributed by atoms with Crippen LogP contribution in [0.15, 0.2) is 11.6 Å². The van der Waals surface area contributed by atoms with E-state index in [2.05, 4.69) is 9.88 Å². The average Bonchev–Trinajstić information content (AvgIpc) is 3.16. The van der Waals surface area contributed by atoms with Crippen LogP contribution in [0.1, 0.15) is 30.7 Å². The van der Waals surface area contributed by atoms with Crippen molar-refractivity contribution in [1.82, 2.24) is 14.8 Å². The monoisotopic (exact) mass is 309 g/mol. The van der Waals surface area contributed by atoms with Crippen molar-refractivity contribution in [3.8, 4) is 0 Å². The number of hydrogen-bond acceptors (Lipinski definition) is 5. The third-order valence-electron chi connectivity index (χ3n) is 4.62. The van der Waals surface area contributed by atoms with Gasteiger partial charge in [-0.25, -0.2) is 4.98 Å². The van der Waals surface area contributed by atoms with E-state index < -0.39 is 0 Å². The van der Waals surface area contributed by atoms with Crippen molar-refractivity contribution in [3.05, 3.63) is 16.6 Å². The number of aliphatic hydroxyl groups is 1. The number of aromatic nitrogens is 1. The molecular weight excluding hydrogens is 286 g/mol. The highest BCUT2D eigenvalue weighted by Gasteiger charge is 2.33. The number of carbonyl (C=O) groups excluding carboxylic acids is 1. The van der Waals surface area contributed by atoms with Crippen LogP contribution in [-0.4, -0.2) is 64.1 Å². The molecule has 0 unspecified atom stereocenters. The first kappa shape index (κ1) is 14.9. The molecule has 1 aliphatic carbocycles. The molecule has 0 bridgehead atoms. The molecule has 2 heterocycles. The Kier molecular flexibility index (Phi) is 4.87. The number of aryl methyl sites for hydroxylation is 1. The molecule has 2 fully saturated rings. The molecule has 1 aromatic heterocycles. The Hall–Kier alpha value is -0.980. The Labute approximate surface area is 129 Å². The number of rotatable bonds is 4. The fourth-order valence-corrected chi connectivity index (χ4v) is 4.02. The highest BCUT2D eigenvalue weighted by atomic mass is 32.1. The van der Waals surface area contributed by atoms with Crippen LogP contribution in [-0.2, 0) is 11.2 Å². The molecule has 0 spiro atoms. The fraction of sp³-hybridized carbons (Fsp3) is 0.733. The van der Waals surface area contributed by atoms with Crippen molar-refractivity contribution in [2.45, 2.75) is 44.2 Å². The van der Waals surface area contributed by atoms with Gasteiger partial charge in [-0.2, -0.15) is 0 Å². The van der Waals surface area contributed by atoms with E-state index in [9.17, 15) is 9.90 Å². The second-order valence-corrected chi connectivity index (χ2v) is 6.89. The maximum atomic E-state index is 12.2. The van der Waals surface area contributed by atoms with Crippen LogP contribution < -0.4 is 0 Å². The van der Waals surface area contributed by atoms with Crippen LogP contribution in [0.25, 0.3) is 0 Å². The molecule has 21 heavy (non-hydrogen) atoms. The zero-order valence-electron chi connectivity index (χ0n) is 12.3. The van der Waals surface area contributed by atoms with Gasteiger partial charge in [0.2, 0.25) is 5.91 Å². The Balaban J connectivity index is 1.43. The molecule has 116 valence electrons. The van der Waals surface area contributed by atoms with Gasteiger partial charge in [0.15, 0.2) is 0 Å². The number of hydrogen-bond donors (Lipinski definition) is 1. The van der Waals surface area contributed by atoms with Gasteiger partial charge in [-0.1, -0.05) is 0 Å². The Morgan fingerprint density at radius 1 is 1.33 bits per heavy atom. The summed E-state index contributed by atoms with van der Waals surface area (Å²) >= 11 is 1.61. The normalized spacial score (nSPS) is 27.2. The number of thiazole rings is 1. The average molecular weight is 309 g/mol. The van der Waals surface area contributed by atoms with E-state index in [-0.39, 0.29) is 12.0 Å². The lowest BCUT2D eigenvalue weighted by Gasteiger charge is -2.39. The topological polar surface area (TPSA) is 56.7 Å². The maximum absolute atomic E-state index is 12.2. The lowest BCUT2D eigenvalue weighted by Crippen LogP contribution is -2.53. The second-order valence-electron chi connectivity index (χ2n) is 5.91. The highest BCUT2D eigenvalue weighted by molar-refractivity contribution is 7.09. The number of aliphatic hydroxyl groups excluding tert-OH is 1. The summed E-state index contributed by atoms with van der Waals surface area (Å²) in [5.41, 5.74) is 0. The van der Waals surface area contributed by atoms with Crippen molar-refractivity contribution in [2.24, 2.45) is 0 Å². The minimum absolute atomic E-state index is 0.169. The molecule has 3 rings (SSSR count). The first-order chi connectivity index (χ1) is 10.2. The van der Waals surface area contributed by atoms with Crippen LogP contribution in [0, 0.1) is 0 Å². The van der Waals surface area contributed by atoms with E-state index in [1.807, 2.05) is 10.3 Å². The number of carbonyl (C=O) groups is 1. The van der Waals surface area contributed by atoms with Crippen LogP contribution in [0.4, 0.5) is 0 Å². The quantitative estimate of drug-likeness (QED) is 0.906. The molecule has 5 nitrogen and oxygen atoms in total. The van der Waals surface area contributed by atoms with E-state index >= 15 is 0 Å². The Morgan fingerprint density at radius 3 is 2.76 bits per heavy atom. The van der Waals surface area contributed by atoms with Gasteiger partial charge in [0.1, 0.15) is 0 Å². The molecule has 1 saturated carbocycles. The lowest BCUT2D eigenvalue weighted by molar-refractivity contribution is -0.133. The summed E-state index contributed by atoms with van der Waals surface area (Å²) in [7, 11) is 0. The Morgan fingerprint density at radius 2 is 2.14 bits per heavy atom. The standard InChI is InChI=1S/C15H23N3O2S/c19-13-3-1-2-12(13)17-7-9-18(10-8-17)15(20)5-4-14-16-6-11-21-14/h6,11-13,19H,1-5,7-10H2/t12-,13+/m1/s1. The van der Waals surface area contributed by atoms with Crippen molar-refractivity contribution in [3.63, 3.8) is 0 Å². The van der Waals surface area contributed by atoms with Gasteiger partial charge in [0.05, 0.1) is 11.1 Å². The molecule has 1 saturated heterocycles. The minimum Gasteiger partial charge on any atom is -0.391 e. The third kappa shape index (κ3) is 3.62. The van der Waals surface area contributed by atoms with Crippen molar-refractivity contribution >= 4 is 17.2 Å². The van der Waals surface area contributed by atoms with Crippen molar-refractivity contribution in [2.75, 3.05) is 26.2 Å². The van der Waals surface area contributed by atoms with Crippen molar-refractivity contribution in [1.29, 1.82) is 0 Å². The van der Waals surface area contributed by atoms with Gasteiger partial charge in [-0.15, -0.1) is 11.3 Å². The van der Waals surface area contributed by atoms with Gasteiger partial charge >= 0.3 is 0 Å². The first-order valence-electron chi connectivity index (χ1n) is 7.82. The molecule has 2 atom stereocenters. The summed E-state index contributed by atoms with van der Waals surface area (Å²) in [6.07, 6.45) is 6.07. The third-order valence-corrected chi connectivity index (χ3v) is 5.46. The maximum Gasteiger partial charge on any atom is 0.223 e. The smallest absolute Gasteiger partial charge is 0.223 e. The highest BCUT2D eigenvalue weighted by Crippen LogP contribution is 2.25. The molecule has 1 amide bonds. The summed E-state index contributed by atoms with van der Waals surface area (Å²) in [6, 6.07) is 0.317. The predicted octanol–water partition coefficient (Wildman–Crippen LogP) is 1.13. The largest absolute Gasteiger partial charge is 0.391 e. The zero-order valence-corrected chi connectivity index (χ0v) is 13.1. The van der Waals surface area contributed by atoms with E-state index in [1.54, 1.807) is 17.5 Å². The zero-order chi connectivity index (χ0) is 14.7. The fourth-order valence-electron chi connectivity index (χ4n) is 3.40.